The molecule has 0 fully saturated rings. The molecule has 0 aromatic heterocycles. The minimum Gasteiger partial charge on any atom is -0.478 e. The normalized spacial score (nSPS) is 15.3. The fourth-order valence-corrected chi connectivity index (χ4v) is 4.34. The smallest absolute Gasteiger partial charge is 0.335 e. The summed E-state index contributed by atoms with van der Waals surface area (Å²) < 4.78 is 0. The molecule has 1 heterocycles. The number of fused-ring (bicyclic) bond motifs is 1. The number of carboxylic acids is 1. The molecule has 0 amide bonds. The maximum absolute atomic E-state index is 11.2. The molecule has 4 heteroatoms. The second-order valence-electron chi connectivity index (χ2n) is 9.08. The molecule has 29 heavy (non-hydrogen) atoms. The van der Waals surface area contributed by atoms with Crippen molar-refractivity contribution in [1.29, 1.82) is 0 Å². The second-order valence-corrected chi connectivity index (χ2v) is 9.08. The largest absolute Gasteiger partial charge is 0.478 e. The van der Waals surface area contributed by atoms with Crippen molar-refractivity contribution in [3.8, 4) is 0 Å². The van der Waals surface area contributed by atoms with Crippen molar-refractivity contribution in [3.63, 3.8) is 0 Å². The molecule has 0 spiro atoms. The van der Waals surface area contributed by atoms with Crippen LogP contribution < -0.4 is 9.80 Å². The molecule has 1 aliphatic heterocycles. The fourth-order valence-electron chi connectivity index (χ4n) is 4.34. The van der Waals surface area contributed by atoms with Gasteiger partial charge in [-0.25, -0.2) is 4.79 Å². The molecular formula is C25H34N2O2. The van der Waals surface area contributed by atoms with E-state index in [0.29, 0.717) is 11.6 Å². The first kappa shape index (κ1) is 21.2. The van der Waals surface area contributed by atoms with E-state index in [1.807, 2.05) is 12.1 Å². The summed E-state index contributed by atoms with van der Waals surface area (Å²) in [6.45, 7) is 15.5. The fraction of sp³-hybridized carbons (Fsp3) is 0.480. The van der Waals surface area contributed by atoms with Gasteiger partial charge in [-0.2, -0.15) is 0 Å². The van der Waals surface area contributed by atoms with E-state index in [9.17, 15) is 9.90 Å². The second kappa shape index (κ2) is 8.10. The predicted octanol–water partition coefficient (Wildman–Crippen LogP) is 6.14. The molecule has 2 aromatic carbocycles. The van der Waals surface area contributed by atoms with Gasteiger partial charge < -0.3 is 14.9 Å². The van der Waals surface area contributed by atoms with Crippen LogP contribution in [0.5, 0.6) is 0 Å². The average Bonchev–Trinajstić information content (AvgIpc) is 2.66. The Labute approximate surface area is 175 Å². The zero-order valence-electron chi connectivity index (χ0n) is 18.6. The SMILES string of the molecule is CCCN(c1ccc(C(=O)O)cc1)c1cc2c(cc1C)C(C)(C)CCN2C(C)C. The Balaban J connectivity index is 2.12. The lowest BCUT2D eigenvalue weighted by atomic mass is 9.76. The highest BCUT2D eigenvalue weighted by molar-refractivity contribution is 5.88. The van der Waals surface area contributed by atoms with Gasteiger partial charge in [0.05, 0.1) is 5.56 Å². The first-order chi connectivity index (χ1) is 13.7. The van der Waals surface area contributed by atoms with E-state index in [4.69, 9.17) is 0 Å². The van der Waals surface area contributed by atoms with Crippen molar-refractivity contribution in [3.05, 3.63) is 53.1 Å². The molecule has 0 atom stereocenters. The van der Waals surface area contributed by atoms with Crippen molar-refractivity contribution >= 4 is 23.0 Å². The Bertz CT molecular complexity index is 884. The molecule has 3 rings (SSSR count). The van der Waals surface area contributed by atoms with Crippen molar-refractivity contribution in [2.24, 2.45) is 0 Å². The summed E-state index contributed by atoms with van der Waals surface area (Å²) in [6, 6.07) is 12.4. The standard InChI is InChI=1S/C25H34N2O2/c1-7-13-27(20-10-8-19(9-11-20)24(28)29)22-16-23-21(15-18(22)4)25(5,6)12-14-26(23)17(2)3/h8-11,15-17H,7,12-14H2,1-6H3,(H,28,29). The van der Waals surface area contributed by atoms with Gasteiger partial charge in [0.2, 0.25) is 0 Å². The topological polar surface area (TPSA) is 43.8 Å². The monoisotopic (exact) mass is 394 g/mol. The molecule has 0 radical (unpaired) electrons. The number of carbonyl (C=O) groups is 1. The molecule has 0 unspecified atom stereocenters. The third-order valence-electron chi connectivity index (χ3n) is 6.12. The van der Waals surface area contributed by atoms with Crippen LogP contribution in [0.1, 0.15) is 68.9 Å². The van der Waals surface area contributed by atoms with Gasteiger partial charge in [-0.3, -0.25) is 0 Å². The van der Waals surface area contributed by atoms with Crippen molar-refractivity contribution in [1.82, 2.24) is 0 Å². The third kappa shape index (κ3) is 4.12. The first-order valence-corrected chi connectivity index (χ1v) is 10.7. The average molecular weight is 395 g/mol. The summed E-state index contributed by atoms with van der Waals surface area (Å²) >= 11 is 0. The molecule has 4 nitrogen and oxygen atoms in total. The number of carboxylic acid groups (broad SMARTS) is 1. The highest BCUT2D eigenvalue weighted by Gasteiger charge is 2.33. The van der Waals surface area contributed by atoms with Gasteiger partial charge in [0.25, 0.3) is 0 Å². The number of hydrogen-bond donors (Lipinski definition) is 1. The molecule has 0 bridgehead atoms. The predicted molar refractivity (Wildman–Crippen MR) is 122 cm³/mol. The van der Waals surface area contributed by atoms with Crippen LogP contribution in [-0.2, 0) is 5.41 Å². The van der Waals surface area contributed by atoms with Crippen LogP contribution in [0.15, 0.2) is 36.4 Å². The molecular weight excluding hydrogens is 360 g/mol. The summed E-state index contributed by atoms with van der Waals surface area (Å²) in [4.78, 5) is 16.1. The van der Waals surface area contributed by atoms with E-state index in [1.54, 1.807) is 12.1 Å². The van der Waals surface area contributed by atoms with Gasteiger partial charge in [0.15, 0.2) is 0 Å². The van der Waals surface area contributed by atoms with Crippen LogP contribution in [0.3, 0.4) is 0 Å². The van der Waals surface area contributed by atoms with Crippen LogP contribution in [0.4, 0.5) is 17.1 Å². The number of aryl methyl sites for hydroxylation is 1. The van der Waals surface area contributed by atoms with Gasteiger partial charge in [-0.05, 0) is 80.5 Å². The maximum atomic E-state index is 11.2. The summed E-state index contributed by atoms with van der Waals surface area (Å²) in [6.07, 6.45) is 2.17. The van der Waals surface area contributed by atoms with Crippen molar-refractivity contribution < 1.29 is 9.90 Å². The number of benzene rings is 2. The molecule has 0 saturated carbocycles. The van der Waals surface area contributed by atoms with E-state index >= 15 is 0 Å². The van der Waals surface area contributed by atoms with Crippen LogP contribution in [-0.4, -0.2) is 30.2 Å². The van der Waals surface area contributed by atoms with Gasteiger partial charge in [-0.15, -0.1) is 0 Å². The number of hydrogen-bond acceptors (Lipinski definition) is 3. The summed E-state index contributed by atoms with van der Waals surface area (Å²) in [5, 5.41) is 9.22. The van der Waals surface area contributed by atoms with Gasteiger partial charge in [0.1, 0.15) is 0 Å². The Morgan fingerprint density at radius 2 is 1.86 bits per heavy atom. The Morgan fingerprint density at radius 3 is 2.41 bits per heavy atom. The Hall–Kier alpha value is -2.49. The van der Waals surface area contributed by atoms with Crippen LogP contribution >= 0.6 is 0 Å². The number of nitrogens with zero attached hydrogens (tertiary/aromatic N) is 2. The van der Waals surface area contributed by atoms with E-state index < -0.39 is 5.97 Å². The highest BCUT2D eigenvalue weighted by Crippen LogP contribution is 2.44. The van der Waals surface area contributed by atoms with Crippen LogP contribution in [0, 0.1) is 6.92 Å². The highest BCUT2D eigenvalue weighted by atomic mass is 16.4. The first-order valence-electron chi connectivity index (χ1n) is 10.7. The lowest BCUT2D eigenvalue weighted by Crippen LogP contribution is -2.41. The Kier molecular flexibility index (Phi) is 5.92. The van der Waals surface area contributed by atoms with E-state index in [-0.39, 0.29) is 5.41 Å². The summed E-state index contributed by atoms with van der Waals surface area (Å²) in [7, 11) is 0. The summed E-state index contributed by atoms with van der Waals surface area (Å²) in [5.41, 5.74) is 6.75. The van der Waals surface area contributed by atoms with E-state index in [1.165, 1.54) is 22.5 Å². The number of anilines is 3. The lowest BCUT2D eigenvalue weighted by Gasteiger charge is -2.43. The van der Waals surface area contributed by atoms with E-state index in [2.05, 4.69) is 63.5 Å². The molecule has 0 saturated heterocycles. The van der Waals surface area contributed by atoms with E-state index in [0.717, 1.165) is 31.6 Å². The molecule has 2 aromatic rings. The maximum Gasteiger partial charge on any atom is 0.335 e. The zero-order chi connectivity index (χ0) is 21.3. The Morgan fingerprint density at radius 1 is 1.21 bits per heavy atom. The molecule has 156 valence electrons. The molecule has 1 aliphatic rings. The summed E-state index contributed by atoms with van der Waals surface area (Å²) in [5.74, 6) is -0.890. The van der Waals surface area contributed by atoms with Crippen molar-refractivity contribution in [2.45, 2.75) is 65.8 Å². The minimum atomic E-state index is -0.890. The molecule has 0 aliphatic carbocycles. The molecule has 1 N–H and O–H groups in total. The van der Waals surface area contributed by atoms with Crippen LogP contribution in [0.2, 0.25) is 0 Å². The van der Waals surface area contributed by atoms with Gasteiger partial charge >= 0.3 is 5.97 Å². The van der Waals surface area contributed by atoms with Gasteiger partial charge in [-0.1, -0.05) is 26.8 Å². The zero-order valence-corrected chi connectivity index (χ0v) is 18.6. The minimum absolute atomic E-state index is 0.169. The number of aromatic carboxylic acids is 1. The van der Waals surface area contributed by atoms with Crippen LogP contribution in [0.25, 0.3) is 0 Å². The quantitative estimate of drug-likeness (QED) is 0.639. The third-order valence-corrected chi connectivity index (χ3v) is 6.12. The van der Waals surface area contributed by atoms with Crippen molar-refractivity contribution in [2.75, 3.05) is 22.9 Å². The number of rotatable bonds is 6. The van der Waals surface area contributed by atoms with Gasteiger partial charge in [0, 0.05) is 36.2 Å². The lowest BCUT2D eigenvalue weighted by molar-refractivity contribution is 0.0697.